The summed E-state index contributed by atoms with van der Waals surface area (Å²) in [5.74, 6) is -0.205. The number of amides is 3. The van der Waals surface area contributed by atoms with Crippen LogP contribution < -0.4 is 10.2 Å². The lowest BCUT2D eigenvalue weighted by Gasteiger charge is -2.35. The molecule has 3 rings (SSSR count). The van der Waals surface area contributed by atoms with Crippen molar-refractivity contribution >= 4 is 23.3 Å². The SMILES string of the molecule is COCC(=O)Nc1ccc(N2CCCN(Cc3ccc(C)cc3)C2=O)cc1. The van der Waals surface area contributed by atoms with Gasteiger partial charge in [-0.1, -0.05) is 29.8 Å². The van der Waals surface area contributed by atoms with Gasteiger partial charge in [0.2, 0.25) is 5.91 Å². The van der Waals surface area contributed by atoms with Crippen LogP contribution in [0.1, 0.15) is 17.5 Å². The van der Waals surface area contributed by atoms with Crippen LogP contribution in [0.4, 0.5) is 16.2 Å². The van der Waals surface area contributed by atoms with Gasteiger partial charge in [0.05, 0.1) is 0 Å². The number of aryl methyl sites for hydroxylation is 1. The van der Waals surface area contributed by atoms with Gasteiger partial charge in [-0.2, -0.15) is 0 Å². The van der Waals surface area contributed by atoms with E-state index in [1.165, 1.54) is 12.7 Å². The Labute approximate surface area is 159 Å². The van der Waals surface area contributed by atoms with E-state index in [1.807, 2.05) is 17.0 Å². The van der Waals surface area contributed by atoms with Crippen molar-refractivity contribution in [2.24, 2.45) is 0 Å². The number of benzene rings is 2. The van der Waals surface area contributed by atoms with Crippen molar-refractivity contribution in [1.82, 2.24) is 4.90 Å². The lowest BCUT2D eigenvalue weighted by atomic mass is 10.1. The molecule has 142 valence electrons. The Hall–Kier alpha value is -2.86. The number of nitrogens with zero attached hydrogens (tertiary/aromatic N) is 2. The van der Waals surface area contributed by atoms with Crippen LogP contribution in [0.5, 0.6) is 0 Å². The fraction of sp³-hybridized carbons (Fsp3) is 0.333. The fourth-order valence-corrected chi connectivity index (χ4v) is 3.13. The maximum Gasteiger partial charge on any atom is 0.324 e. The van der Waals surface area contributed by atoms with E-state index in [4.69, 9.17) is 4.74 Å². The number of ether oxygens (including phenoxy) is 1. The highest BCUT2D eigenvalue weighted by Crippen LogP contribution is 2.23. The second kappa shape index (κ2) is 8.68. The second-order valence-electron chi connectivity index (χ2n) is 6.72. The van der Waals surface area contributed by atoms with Crippen molar-refractivity contribution in [3.8, 4) is 0 Å². The summed E-state index contributed by atoms with van der Waals surface area (Å²) in [5.41, 5.74) is 3.86. The first-order valence-corrected chi connectivity index (χ1v) is 9.07. The summed E-state index contributed by atoms with van der Waals surface area (Å²) < 4.78 is 4.81. The standard InChI is InChI=1S/C21H25N3O3/c1-16-4-6-17(7-5-16)14-23-12-3-13-24(21(23)26)19-10-8-18(9-11-19)22-20(25)15-27-2/h4-11H,3,12-15H2,1-2H3,(H,22,25). The smallest absolute Gasteiger partial charge is 0.324 e. The Bertz CT molecular complexity index is 787. The van der Waals surface area contributed by atoms with Gasteiger partial charge in [0, 0.05) is 38.1 Å². The number of methoxy groups -OCH3 is 1. The largest absolute Gasteiger partial charge is 0.375 e. The van der Waals surface area contributed by atoms with Gasteiger partial charge < -0.3 is 15.0 Å². The van der Waals surface area contributed by atoms with E-state index in [0.29, 0.717) is 18.8 Å². The number of hydrogen-bond acceptors (Lipinski definition) is 3. The molecule has 3 amide bonds. The topological polar surface area (TPSA) is 61.9 Å². The third kappa shape index (κ3) is 4.86. The number of urea groups is 1. The lowest BCUT2D eigenvalue weighted by Crippen LogP contribution is -2.49. The molecule has 0 bridgehead atoms. The fourth-order valence-electron chi connectivity index (χ4n) is 3.13. The molecule has 1 aliphatic rings. The summed E-state index contributed by atoms with van der Waals surface area (Å²) in [6.07, 6.45) is 0.921. The van der Waals surface area contributed by atoms with Gasteiger partial charge >= 0.3 is 6.03 Å². The molecule has 0 spiro atoms. The van der Waals surface area contributed by atoms with Crippen LogP contribution in [0.2, 0.25) is 0 Å². The number of carbonyl (C=O) groups excluding carboxylic acids is 2. The molecule has 27 heavy (non-hydrogen) atoms. The minimum atomic E-state index is -0.205. The molecule has 0 unspecified atom stereocenters. The molecule has 1 N–H and O–H groups in total. The Kier molecular flexibility index (Phi) is 6.08. The molecule has 2 aromatic carbocycles. The van der Waals surface area contributed by atoms with Gasteiger partial charge in [-0.15, -0.1) is 0 Å². The van der Waals surface area contributed by atoms with Gasteiger partial charge in [-0.05, 0) is 43.2 Å². The molecular weight excluding hydrogens is 342 g/mol. The first-order chi connectivity index (χ1) is 13.1. The van der Waals surface area contributed by atoms with Gasteiger partial charge in [0.1, 0.15) is 6.61 Å². The molecule has 1 fully saturated rings. The molecule has 1 heterocycles. The molecule has 6 nitrogen and oxygen atoms in total. The molecule has 2 aromatic rings. The van der Waals surface area contributed by atoms with Gasteiger partial charge in [0.15, 0.2) is 0 Å². The van der Waals surface area contributed by atoms with Crippen LogP contribution in [-0.4, -0.2) is 43.6 Å². The van der Waals surface area contributed by atoms with Crippen molar-refractivity contribution in [1.29, 1.82) is 0 Å². The van der Waals surface area contributed by atoms with Crippen molar-refractivity contribution in [3.05, 3.63) is 59.7 Å². The predicted octanol–water partition coefficient (Wildman–Crippen LogP) is 3.41. The first kappa shape index (κ1) is 18.9. The van der Waals surface area contributed by atoms with Crippen LogP contribution in [0, 0.1) is 6.92 Å². The Morgan fingerprint density at radius 3 is 2.44 bits per heavy atom. The Morgan fingerprint density at radius 1 is 1.07 bits per heavy atom. The minimum Gasteiger partial charge on any atom is -0.375 e. The van der Waals surface area contributed by atoms with E-state index < -0.39 is 0 Å². The minimum absolute atomic E-state index is 0.0120. The zero-order valence-electron chi connectivity index (χ0n) is 15.8. The number of rotatable bonds is 6. The summed E-state index contributed by atoms with van der Waals surface area (Å²) in [5, 5.41) is 2.75. The van der Waals surface area contributed by atoms with Gasteiger partial charge in [-0.25, -0.2) is 4.79 Å². The third-order valence-corrected chi connectivity index (χ3v) is 4.54. The molecule has 0 atom stereocenters. The van der Waals surface area contributed by atoms with Crippen LogP contribution in [0.3, 0.4) is 0 Å². The highest BCUT2D eigenvalue weighted by Gasteiger charge is 2.26. The first-order valence-electron chi connectivity index (χ1n) is 9.07. The van der Waals surface area contributed by atoms with Crippen molar-refractivity contribution in [3.63, 3.8) is 0 Å². The zero-order valence-corrected chi connectivity index (χ0v) is 15.8. The molecule has 1 saturated heterocycles. The highest BCUT2D eigenvalue weighted by molar-refractivity contribution is 5.94. The quantitative estimate of drug-likeness (QED) is 0.851. The van der Waals surface area contributed by atoms with E-state index in [1.54, 1.807) is 17.0 Å². The Morgan fingerprint density at radius 2 is 1.78 bits per heavy atom. The summed E-state index contributed by atoms with van der Waals surface area (Å²) >= 11 is 0. The average Bonchev–Trinajstić information content (AvgIpc) is 2.66. The van der Waals surface area contributed by atoms with Crippen LogP contribution in [0.25, 0.3) is 0 Å². The second-order valence-corrected chi connectivity index (χ2v) is 6.72. The number of hydrogen-bond donors (Lipinski definition) is 1. The molecular formula is C21H25N3O3. The van der Waals surface area contributed by atoms with E-state index in [0.717, 1.165) is 24.2 Å². The molecule has 1 aliphatic heterocycles. The normalized spacial score (nSPS) is 14.4. The maximum absolute atomic E-state index is 12.9. The molecule has 0 radical (unpaired) electrons. The maximum atomic E-state index is 12.9. The van der Waals surface area contributed by atoms with E-state index >= 15 is 0 Å². The molecule has 0 saturated carbocycles. The molecule has 6 heteroatoms. The zero-order chi connectivity index (χ0) is 19.2. The molecule has 0 aromatic heterocycles. The third-order valence-electron chi connectivity index (χ3n) is 4.54. The van der Waals surface area contributed by atoms with Crippen molar-refractivity contribution in [2.75, 3.05) is 37.0 Å². The van der Waals surface area contributed by atoms with Crippen molar-refractivity contribution < 1.29 is 14.3 Å². The summed E-state index contributed by atoms with van der Waals surface area (Å²) in [7, 11) is 1.48. The van der Waals surface area contributed by atoms with E-state index in [-0.39, 0.29) is 18.5 Å². The van der Waals surface area contributed by atoms with E-state index in [9.17, 15) is 9.59 Å². The highest BCUT2D eigenvalue weighted by atomic mass is 16.5. The summed E-state index contributed by atoms with van der Waals surface area (Å²) in [4.78, 5) is 28.2. The van der Waals surface area contributed by atoms with Crippen LogP contribution in [-0.2, 0) is 16.1 Å². The Balaban J connectivity index is 1.66. The van der Waals surface area contributed by atoms with Crippen LogP contribution in [0.15, 0.2) is 48.5 Å². The van der Waals surface area contributed by atoms with E-state index in [2.05, 4.69) is 36.5 Å². The molecule has 0 aliphatic carbocycles. The number of carbonyl (C=O) groups is 2. The lowest BCUT2D eigenvalue weighted by molar-refractivity contribution is -0.119. The summed E-state index contributed by atoms with van der Waals surface area (Å²) in [6, 6.07) is 15.6. The monoisotopic (exact) mass is 367 g/mol. The number of nitrogens with one attached hydrogen (secondary N) is 1. The van der Waals surface area contributed by atoms with Gasteiger partial charge in [-0.3, -0.25) is 9.69 Å². The van der Waals surface area contributed by atoms with Gasteiger partial charge in [0.25, 0.3) is 0 Å². The number of anilines is 2. The average molecular weight is 367 g/mol. The van der Waals surface area contributed by atoms with Crippen molar-refractivity contribution in [2.45, 2.75) is 19.9 Å². The summed E-state index contributed by atoms with van der Waals surface area (Å²) in [6.45, 7) is 4.13. The predicted molar refractivity (Wildman–Crippen MR) is 106 cm³/mol. The van der Waals surface area contributed by atoms with Crippen LogP contribution >= 0.6 is 0 Å².